The second kappa shape index (κ2) is 4.63. The van der Waals surface area contributed by atoms with Crippen LogP contribution in [0.3, 0.4) is 0 Å². The average Bonchev–Trinajstić information content (AvgIpc) is 2.87. The highest BCUT2D eigenvalue weighted by molar-refractivity contribution is 5.93. The standard InChI is InChI=1S/C14H19NO5/c1-13(2)10(7-14(13,3)19-4)15-11(16)8-5-6-9(20-8)12(17)18/h5-6,10H,7H2,1-4H3,(H,15,16)(H,17,18). The molecule has 1 saturated carbocycles. The molecule has 1 heterocycles. The molecule has 0 aromatic carbocycles. The average molecular weight is 281 g/mol. The van der Waals surface area contributed by atoms with E-state index in [1.54, 1.807) is 7.11 Å². The monoisotopic (exact) mass is 281 g/mol. The van der Waals surface area contributed by atoms with Gasteiger partial charge in [-0.15, -0.1) is 0 Å². The lowest BCUT2D eigenvalue weighted by Crippen LogP contribution is -2.68. The number of hydrogen-bond donors (Lipinski definition) is 2. The van der Waals surface area contributed by atoms with Crippen LogP contribution in [0.25, 0.3) is 0 Å². The Bertz CT molecular complexity index is 548. The van der Waals surface area contributed by atoms with E-state index in [9.17, 15) is 9.59 Å². The number of carboxylic acid groups (broad SMARTS) is 1. The van der Waals surface area contributed by atoms with Gasteiger partial charge in [0.2, 0.25) is 5.76 Å². The van der Waals surface area contributed by atoms with Crippen molar-refractivity contribution in [1.29, 1.82) is 0 Å². The lowest BCUT2D eigenvalue weighted by molar-refractivity contribution is -0.177. The van der Waals surface area contributed by atoms with Crippen LogP contribution in [0.1, 0.15) is 48.3 Å². The van der Waals surface area contributed by atoms with Gasteiger partial charge in [-0.25, -0.2) is 4.79 Å². The fraction of sp³-hybridized carbons (Fsp3) is 0.571. The van der Waals surface area contributed by atoms with Crippen LogP contribution in [-0.2, 0) is 4.74 Å². The molecule has 1 fully saturated rings. The van der Waals surface area contributed by atoms with Crippen molar-refractivity contribution in [1.82, 2.24) is 5.32 Å². The zero-order valence-corrected chi connectivity index (χ0v) is 12.0. The minimum atomic E-state index is -1.19. The van der Waals surface area contributed by atoms with E-state index in [0.717, 1.165) is 0 Å². The van der Waals surface area contributed by atoms with Crippen LogP contribution >= 0.6 is 0 Å². The molecule has 2 rings (SSSR count). The Morgan fingerprint density at radius 3 is 2.40 bits per heavy atom. The third-order valence-corrected chi connectivity index (χ3v) is 4.62. The van der Waals surface area contributed by atoms with Gasteiger partial charge in [0, 0.05) is 18.6 Å². The highest BCUT2D eigenvalue weighted by Crippen LogP contribution is 2.51. The fourth-order valence-corrected chi connectivity index (χ4v) is 2.53. The number of aromatic carboxylic acids is 1. The van der Waals surface area contributed by atoms with Crippen LogP contribution in [0.15, 0.2) is 16.5 Å². The smallest absolute Gasteiger partial charge is 0.371 e. The van der Waals surface area contributed by atoms with Gasteiger partial charge in [0.15, 0.2) is 5.76 Å². The molecule has 2 unspecified atom stereocenters. The van der Waals surface area contributed by atoms with Gasteiger partial charge in [0.1, 0.15) is 0 Å². The highest BCUT2D eigenvalue weighted by Gasteiger charge is 2.58. The van der Waals surface area contributed by atoms with Gasteiger partial charge in [-0.05, 0) is 25.5 Å². The Hall–Kier alpha value is -1.82. The number of nitrogens with one attached hydrogen (secondary N) is 1. The summed E-state index contributed by atoms with van der Waals surface area (Å²) < 4.78 is 10.5. The van der Waals surface area contributed by atoms with Crippen molar-refractivity contribution in [2.45, 2.75) is 38.8 Å². The van der Waals surface area contributed by atoms with Crippen molar-refractivity contribution in [2.24, 2.45) is 5.41 Å². The first-order valence-corrected chi connectivity index (χ1v) is 6.40. The minimum Gasteiger partial charge on any atom is -0.475 e. The Morgan fingerprint density at radius 1 is 1.35 bits per heavy atom. The van der Waals surface area contributed by atoms with E-state index < -0.39 is 11.9 Å². The Morgan fingerprint density at radius 2 is 1.95 bits per heavy atom. The maximum atomic E-state index is 12.0. The molecule has 1 aromatic rings. The molecule has 6 nitrogen and oxygen atoms in total. The molecule has 0 radical (unpaired) electrons. The quantitative estimate of drug-likeness (QED) is 0.880. The van der Waals surface area contributed by atoms with Crippen molar-refractivity contribution in [3.63, 3.8) is 0 Å². The fourth-order valence-electron chi connectivity index (χ4n) is 2.53. The number of methoxy groups -OCH3 is 1. The van der Waals surface area contributed by atoms with E-state index >= 15 is 0 Å². The molecule has 1 amide bonds. The molecule has 2 atom stereocenters. The van der Waals surface area contributed by atoms with Crippen LogP contribution in [0.2, 0.25) is 0 Å². The lowest BCUT2D eigenvalue weighted by Gasteiger charge is -2.59. The normalized spacial score (nSPS) is 27.7. The molecule has 0 saturated heterocycles. The maximum Gasteiger partial charge on any atom is 0.371 e. The van der Waals surface area contributed by atoms with Crippen molar-refractivity contribution >= 4 is 11.9 Å². The lowest BCUT2D eigenvalue weighted by atomic mass is 9.56. The summed E-state index contributed by atoms with van der Waals surface area (Å²) in [5.41, 5.74) is -0.486. The Balaban J connectivity index is 2.04. The molecular weight excluding hydrogens is 262 g/mol. The first-order chi connectivity index (χ1) is 9.21. The van der Waals surface area contributed by atoms with Crippen molar-refractivity contribution in [3.8, 4) is 0 Å². The molecule has 6 heteroatoms. The molecule has 2 N–H and O–H groups in total. The molecule has 0 spiro atoms. The summed E-state index contributed by atoms with van der Waals surface area (Å²) in [6.07, 6.45) is 0.703. The van der Waals surface area contributed by atoms with E-state index in [1.807, 2.05) is 20.8 Å². The van der Waals surface area contributed by atoms with Gasteiger partial charge in [-0.3, -0.25) is 4.79 Å². The van der Waals surface area contributed by atoms with Crippen LogP contribution in [0.4, 0.5) is 0 Å². The van der Waals surface area contributed by atoms with Crippen LogP contribution in [-0.4, -0.2) is 35.7 Å². The summed E-state index contributed by atoms with van der Waals surface area (Å²) in [5.74, 6) is -1.84. The van der Waals surface area contributed by atoms with Crippen LogP contribution in [0, 0.1) is 5.41 Å². The van der Waals surface area contributed by atoms with Crippen molar-refractivity contribution in [2.75, 3.05) is 7.11 Å². The molecule has 1 aliphatic carbocycles. The second-order valence-electron chi connectivity index (χ2n) is 5.86. The number of ether oxygens (including phenoxy) is 1. The molecule has 0 bridgehead atoms. The SMILES string of the molecule is COC1(C)CC(NC(=O)c2ccc(C(=O)O)o2)C1(C)C. The van der Waals surface area contributed by atoms with Gasteiger partial charge in [0.05, 0.1) is 5.60 Å². The summed E-state index contributed by atoms with van der Waals surface area (Å²) >= 11 is 0. The van der Waals surface area contributed by atoms with E-state index in [0.29, 0.717) is 6.42 Å². The second-order valence-corrected chi connectivity index (χ2v) is 5.86. The molecule has 110 valence electrons. The third-order valence-electron chi connectivity index (χ3n) is 4.62. The molecule has 20 heavy (non-hydrogen) atoms. The van der Waals surface area contributed by atoms with Gasteiger partial charge in [-0.2, -0.15) is 0 Å². The predicted octanol–water partition coefficient (Wildman–Crippen LogP) is 1.91. The van der Waals surface area contributed by atoms with Gasteiger partial charge in [0.25, 0.3) is 5.91 Å². The number of furan rings is 1. The van der Waals surface area contributed by atoms with Gasteiger partial charge in [-0.1, -0.05) is 13.8 Å². The third kappa shape index (κ3) is 2.10. The minimum absolute atomic E-state index is 0.00391. The molecular formula is C14H19NO5. The number of carbonyl (C=O) groups is 2. The number of hydrogen-bond acceptors (Lipinski definition) is 4. The predicted molar refractivity (Wildman–Crippen MR) is 70.7 cm³/mol. The van der Waals surface area contributed by atoms with Crippen LogP contribution in [0.5, 0.6) is 0 Å². The number of amides is 1. The summed E-state index contributed by atoms with van der Waals surface area (Å²) in [5, 5.41) is 11.6. The number of carboxylic acids is 1. The highest BCUT2D eigenvalue weighted by atomic mass is 16.5. The van der Waals surface area contributed by atoms with Crippen LogP contribution < -0.4 is 5.32 Å². The molecule has 0 aliphatic heterocycles. The Kier molecular flexibility index (Phi) is 3.37. The van der Waals surface area contributed by atoms with E-state index in [4.69, 9.17) is 14.3 Å². The first kappa shape index (κ1) is 14.6. The number of carbonyl (C=O) groups excluding carboxylic acids is 1. The van der Waals surface area contributed by atoms with E-state index in [-0.39, 0.29) is 28.6 Å². The molecule has 1 aliphatic rings. The molecule has 1 aromatic heterocycles. The zero-order valence-electron chi connectivity index (χ0n) is 12.0. The topological polar surface area (TPSA) is 88.8 Å². The number of rotatable bonds is 4. The van der Waals surface area contributed by atoms with Gasteiger partial charge < -0.3 is 19.6 Å². The van der Waals surface area contributed by atoms with E-state index in [1.165, 1.54) is 12.1 Å². The summed E-state index contributed by atoms with van der Waals surface area (Å²) in [6.45, 7) is 6.05. The Labute approximate surface area is 117 Å². The summed E-state index contributed by atoms with van der Waals surface area (Å²) in [6, 6.07) is 2.58. The first-order valence-electron chi connectivity index (χ1n) is 6.40. The maximum absolute atomic E-state index is 12.0. The van der Waals surface area contributed by atoms with E-state index in [2.05, 4.69) is 5.32 Å². The largest absolute Gasteiger partial charge is 0.475 e. The van der Waals surface area contributed by atoms with Crippen molar-refractivity contribution < 1.29 is 23.8 Å². The zero-order chi connectivity index (χ0) is 15.1. The summed E-state index contributed by atoms with van der Waals surface area (Å²) in [7, 11) is 1.66. The summed E-state index contributed by atoms with van der Waals surface area (Å²) in [4.78, 5) is 22.7. The van der Waals surface area contributed by atoms with Gasteiger partial charge >= 0.3 is 5.97 Å². The van der Waals surface area contributed by atoms with Crippen molar-refractivity contribution in [3.05, 3.63) is 23.7 Å².